The van der Waals surface area contributed by atoms with Crippen molar-refractivity contribution in [3.05, 3.63) is 143 Å². The van der Waals surface area contributed by atoms with Crippen LogP contribution in [0, 0.1) is 6.92 Å². The first kappa shape index (κ1) is 24.5. The fourth-order valence-electron chi connectivity index (χ4n) is 6.30. The minimum Gasteiger partial charge on any atom is -0.392 e. The summed E-state index contributed by atoms with van der Waals surface area (Å²) in [4.78, 5) is 0. The molecule has 2 heteroatoms. The number of rotatable bonds is 8. The highest BCUT2D eigenvalue weighted by molar-refractivity contribution is 5.50. The van der Waals surface area contributed by atoms with E-state index in [2.05, 4.69) is 128 Å². The molecule has 0 bridgehead atoms. The first-order chi connectivity index (χ1) is 17.6. The van der Waals surface area contributed by atoms with Crippen LogP contribution in [0.2, 0.25) is 0 Å². The largest absolute Gasteiger partial charge is 0.392 e. The average Bonchev–Trinajstić information content (AvgIpc) is 2.96. The molecule has 1 aliphatic rings. The molecule has 0 saturated carbocycles. The Morgan fingerprint density at radius 2 is 1.17 bits per heavy atom. The molecule has 0 radical (unpaired) electrons. The van der Waals surface area contributed by atoms with Crippen molar-refractivity contribution in [2.45, 2.75) is 49.5 Å². The molecule has 1 unspecified atom stereocenters. The van der Waals surface area contributed by atoms with Crippen molar-refractivity contribution in [3.63, 3.8) is 0 Å². The molecule has 0 aromatic heterocycles. The fraction of sp³-hybridized carbons (Fsp3) is 0.294. The average molecular weight is 476 g/mol. The minimum atomic E-state index is -0.431. The lowest BCUT2D eigenvalue weighted by Crippen LogP contribution is -2.48. The zero-order valence-corrected chi connectivity index (χ0v) is 21.2. The summed E-state index contributed by atoms with van der Waals surface area (Å²) < 4.78 is 0. The van der Waals surface area contributed by atoms with Gasteiger partial charge in [0.1, 0.15) is 0 Å². The van der Waals surface area contributed by atoms with Crippen LogP contribution in [0.3, 0.4) is 0 Å². The van der Waals surface area contributed by atoms with Crippen molar-refractivity contribution in [3.8, 4) is 0 Å². The summed E-state index contributed by atoms with van der Waals surface area (Å²) in [7, 11) is 0. The van der Waals surface area contributed by atoms with E-state index in [0.717, 1.165) is 32.4 Å². The lowest BCUT2D eigenvalue weighted by Gasteiger charge is -2.44. The molecular formula is C34H37NO. The van der Waals surface area contributed by atoms with Crippen molar-refractivity contribution in [1.29, 1.82) is 0 Å². The van der Waals surface area contributed by atoms with Crippen LogP contribution in [0.5, 0.6) is 0 Å². The van der Waals surface area contributed by atoms with Gasteiger partial charge in [0, 0.05) is 10.8 Å². The summed E-state index contributed by atoms with van der Waals surface area (Å²) in [5, 5.41) is 15.5. The molecule has 1 saturated heterocycles. The summed E-state index contributed by atoms with van der Waals surface area (Å²) >= 11 is 0. The van der Waals surface area contributed by atoms with Gasteiger partial charge in [-0.3, -0.25) is 0 Å². The van der Waals surface area contributed by atoms with Crippen LogP contribution in [-0.2, 0) is 10.8 Å². The Hall–Kier alpha value is -3.20. The number of aliphatic hydroxyl groups is 1. The second-order valence-corrected chi connectivity index (χ2v) is 10.3. The number of nitrogens with one attached hydrogen (secondary N) is 1. The highest BCUT2D eigenvalue weighted by Gasteiger charge is 2.43. The van der Waals surface area contributed by atoms with Gasteiger partial charge >= 0.3 is 0 Å². The van der Waals surface area contributed by atoms with E-state index in [4.69, 9.17) is 0 Å². The van der Waals surface area contributed by atoms with Gasteiger partial charge in [0.2, 0.25) is 0 Å². The summed E-state index contributed by atoms with van der Waals surface area (Å²) in [5.41, 5.74) is 5.77. The third-order valence-corrected chi connectivity index (χ3v) is 8.35. The van der Waals surface area contributed by atoms with E-state index in [9.17, 15) is 5.11 Å². The summed E-state index contributed by atoms with van der Waals surface area (Å²) in [5.74, 6) is 0. The maximum absolute atomic E-state index is 12.0. The summed E-state index contributed by atoms with van der Waals surface area (Å²) in [6.45, 7) is 4.01. The van der Waals surface area contributed by atoms with Gasteiger partial charge in [-0.25, -0.2) is 0 Å². The monoisotopic (exact) mass is 475 g/mol. The Morgan fingerprint density at radius 3 is 1.69 bits per heavy atom. The summed E-state index contributed by atoms with van der Waals surface area (Å²) in [6, 6.07) is 41.4. The number of benzene rings is 4. The van der Waals surface area contributed by atoms with E-state index in [0.29, 0.717) is 6.42 Å². The van der Waals surface area contributed by atoms with Gasteiger partial charge in [-0.05, 0) is 68.0 Å². The second-order valence-electron chi connectivity index (χ2n) is 10.3. The molecule has 1 atom stereocenters. The normalized spacial score (nSPS) is 16.4. The van der Waals surface area contributed by atoms with Gasteiger partial charge in [0.25, 0.3) is 0 Å². The van der Waals surface area contributed by atoms with Crippen molar-refractivity contribution in [2.24, 2.45) is 0 Å². The maximum atomic E-state index is 12.0. The van der Waals surface area contributed by atoms with Gasteiger partial charge in [-0.2, -0.15) is 0 Å². The van der Waals surface area contributed by atoms with Crippen LogP contribution in [0.4, 0.5) is 0 Å². The first-order valence-corrected chi connectivity index (χ1v) is 13.3. The molecular weight excluding hydrogens is 438 g/mol. The molecule has 0 amide bonds. The zero-order valence-electron chi connectivity index (χ0n) is 21.2. The van der Waals surface area contributed by atoms with E-state index in [1.807, 2.05) is 0 Å². The molecule has 1 fully saturated rings. The van der Waals surface area contributed by atoms with Crippen molar-refractivity contribution in [1.82, 2.24) is 5.32 Å². The Morgan fingerprint density at radius 1 is 0.694 bits per heavy atom. The molecule has 184 valence electrons. The molecule has 4 aromatic rings. The molecule has 5 rings (SSSR count). The van der Waals surface area contributed by atoms with Gasteiger partial charge in [0.05, 0.1) is 6.10 Å². The third kappa shape index (κ3) is 4.64. The molecule has 1 heterocycles. The van der Waals surface area contributed by atoms with Crippen LogP contribution in [0.15, 0.2) is 115 Å². The van der Waals surface area contributed by atoms with Crippen molar-refractivity contribution in [2.75, 3.05) is 13.1 Å². The van der Waals surface area contributed by atoms with Gasteiger partial charge in [-0.15, -0.1) is 0 Å². The molecule has 2 nitrogen and oxygen atoms in total. The molecule has 4 aromatic carbocycles. The molecule has 0 aliphatic carbocycles. The van der Waals surface area contributed by atoms with E-state index >= 15 is 0 Å². The van der Waals surface area contributed by atoms with Gasteiger partial charge < -0.3 is 10.4 Å². The van der Waals surface area contributed by atoms with Gasteiger partial charge in [0.15, 0.2) is 0 Å². The molecule has 36 heavy (non-hydrogen) atoms. The number of aliphatic hydroxyl groups excluding tert-OH is 1. The van der Waals surface area contributed by atoms with Crippen LogP contribution in [0.25, 0.3) is 0 Å². The SMILES string of the molecule is Cc1ccc(C(CCC(O)C2(c3ccccc3)CCNCC2)(c2ccccc2)c2ccccc2)cc1. The van der Waals surface area contributed by atoms with Crippen LogP contribution in [0.1, 0.15) is 53.5 Å². The quantitative estimate of drug-likeness (QED) is 0.275. The maximum Gasteiger partial charge on any atom is 0.0638 e. The number of aryl methyl sites for hydroxylation is 1. The van der Waals surface area contributed by atoms with E-state index in [1.54, 1.807) is 0 Å². The minimum absolute atomic E-state index is 0.223. The summed E-state index contributed by atoms with van der Waals surface area (Å²) in [6.07, 6.45) is 3.01. The third-order valence-electron chi connectivity index (χ3n) is 8.35. The predicted octanol–water partition coefficient (Wildman–Crippen LogP) is 6.79. The zero-order chi connectivity index (χ0) is 24.8. The predicted molar refractivity (Wildman–Crippen MR) is 149 cm³/mol. The van der Waals surface area contributed by atoms with E-state index in [-0.39, 0.29) is 10.8 Å². The molecule has 1 aliphatic heterocycles. The Kier molecular flexibility index (Phi) is 7.36. The number of piperidine rings is 1. The van der Waals surface area contributed by atoms with Crippen LogP contribution >= 0.6 is 0 Å². The Balaban J connectivity index is 1.59. The lowest BCUT2D eigenvalue weighted by molar-refractivity contribution is 0.0467. The van der Waals surface area contributed by atoms with Crippen molar-refractivity contribution >= 4 is 0 Å². The van der Waals surface area contributed by atoms with Crippen molar-refractivity contribution < 1.29 is 5.11 Å². The molecule has 0 spiro atoms. The topological polar surface area (TPSA) is 32.3 Å². The highest BCUT2D eigenvalue weighted by atomic mass is 16.3. The van der Waals surface area contributed by atoms with Gasteiger partial charge in [-0.1, -0.05) is 121 Å². The number of hydrogen-bond acceptors (Lipinski definition) is 2. The van der Waals surface area contributed by atoms with E-state index < -0.39 is 6.10 Å². The Bertz CT molecular complexity index is 1170. The van der Waals surface area contributed by atoms with E-state index in [1.165, 1.54) is 27.8 Å². The van der Waals surface area contributed by atoms with Crippen LogP contribution in [-0.4, -0.2) is 24.3 Å². The smallest absolute Gasteiger partial charge is 0.0638 e. The Labute approximate surface area is 216 Å². The highest BCUT2D eigenvalue weighted by Crippen LogP contribution is 2.46. The lowest BCUT2D eigenvalue weighted by atomic mass is 9.63. The molecule has 2 N–H and O–H groups in total. The van der Waals surface area contributed by atoms with Crippen LogP contribution < -0.4 is 5.32 Å². The standard InChI is InChI=1S/C34H37NO/c1-27-17-19-31(20-18-27)34(29-13-7-3-8-14-29,30-15-9-4-10-16-30)22-21-32(36)33(23-25-35-26-24-33)28-11-5-2-6-12-28/h2-20,32,35-36H,21-26H2,1H3. The second kappa shape index (κ2) is 10.8. The fourth-order valence-corrected chi connectivity index (χ4v) is 6.30. The number of hydrogen-bond donors (Lipinski definition) is 2. The first-order valence-electron chi connectivity index (χ1n) is 13.3.